The Hall–Kier alpha value is -1.17. The van der Waals surface area contributed by atoms with Crippen LogP contribution in [0.25, 0.3) is 10.4 Å². The van der Waals surface area contributed by atoms with Crippen molar-refractivity contribution in [2.45, 2.75) is 30.9 Å². The van der Waals surface area contributed by atoms with Crippen LogP contribution < -0.4 is 5.14 Å². The van der Waals surface area contributed by atoms with Crippen LogP contribution in [0.1, 0.15) is 30.9 Å². The fourth-order valence-electron chi connectivity index (χ4n) is 1.92. The Kier molecular flexibility index (Phi) is 3.80. The Morgan fingerprint density at radius 1 is 1.21 bits per heavy atom. The van der Waals surface area contributed by atoms with Crippen LogP contribution in [-0.2, 0) is 10.0 Å². The van der Waals surface area contributed by atoms with Crippen LogP contribution in [0.4, 0.5) is 0 Å². The van der Waals surface area contributed by atoms with E-state index in [-0.39, 0.29) is 4.21 Å². The van der Waals surface area contributed by atoms with Crippen LogP contribution in [0.3, 0.4) is 0 Å². The zero-order chi connectivity index (χ0) is 14.2. The highest BCUT2D eigenvalue weighted by molar-refractivity contribution is 7.91. The second-order valence-electron chi connectivity index (χ2n) is 4.90. The molecule has 2 aromatic rings. The lowest BCUT2D eigenvalue weighted by molar-refractivity contribution is 0.599. The molecule has 0 aliphatic rings. The van der Waals surface area contributed by atoms with Crippen LogP contribution in [-0.4, -0.2) is 8.42 Å². The van der Waals surface area contributed by atoms with Crippen molar-refractivity contribution in [3.63, 3.8) is 0 Å². The number of primary sulfonamides is 1. The maximum atomic E-state index is 11.4. The molecule has 0 aliphatic carbocycles. The average molecular weight is 295 g/mol. The molecule has 0 bridgehead atoms. The average Bonchev–Trinajstić information content (AvgIpc) is 2.71. The highest BCUT2D eigenvalue weighted by atomic mass is 32.2. The summed E-state index contributed by atoms with van der Waals surface area (Å²) in [5.41, 5.74) is 3.22. The first-order chi connectivity index (χ1) is 8.79. The third kappa shape index (κ3) is 3.05. The van der Waals surface area contributed by atoms with Crippen molar-refractivity contribution in [3.8, 4) is 10.4 Å². The van der Waals surface area contributed by atoms with Crippen molar-refractivity contribution >= 4 is 21.4 Å². The molecule has 3 nitrogen and oxygen atoms in total. The molecule has 0 aliphatic heterocycles. The molecule has 0 radical (unpaired) electrons. The van der Waals surface area contributed by atoms with E-state index in [1.54, 1.807) is 6.07 Å². The first-order valence-corrected chi connectivity index (χ1v) is 8.39. The molecule has 0 saturated carbocycles. The van der Waals surface area contributed by atoms with Crippen molar-refractivity contribution in [2.24, 2.45) is 5.14 Å². The van der Waals surface area contributed by atoms with E-state index in [1.807, 2.05) is 19.1 Å². The molecule has 5 heteroatoms. The van der Waals surface area contributed by atoms with Crippen LogP contribution in [0, 0.1) is 6.92 Å². The van der Waals surface area contributed by atoms with Crippen molar-refractivity contribution < 1.29 is 8.42 Å². The fourth-order valence-corrected chi connectivity index (χ4v) is 3.88. The van der Waals surface area contributed by atoms with Gasteiger partial charge in [-0.05, 0) is 35.6 Å². The zero-order valence-electron chi connectivity index (χ0n) is 11.2. The van der Waals surface area contributed by atoms with E-state index in [1.165, 1.54) is 16.9 Å². The quantitative estimate of drug-likeness (QED) is 0.942. The minimum absolute atomic E-state index is 0.218. The number of benzene rings is 1. The lowest BCUT2D eigenvalue weighted by Gasteiger charge is -2.07. The van der Waals surface area contributed by atoms with E-state index in [9.17, 15) is 8.42 Å². The maximum absolute atomic E-state index is 11.4. The van der Waals surface area contributed by atoms with Gasteiger partial charge in [0.2, 0.25) is 10.0 Å². The van der Waals surface area contributed by atoms with Gasteiger partial charge >= 0.3 is 0 Å². The van der Waals surface area contributed by atoms with E-state index in [0.717, 1.165) is 16.0 Å². The molecule has 2 rings (SSSR count). The van der Waals surface area contributed by atoms with Crippen LogP contribution in [0.5, 0.6) is 0 Å². The summed E-state index contributed by atoms with van der Waals surface area (Å²) >= 11 is 1.23. The molecule has 0 saturated heterocycles. The summed E-state index contributed by atoms with van der Waals surface area (Å²) in [6.45, 7) is 6.18. The highest BCUT2D eigenvalue weighted by Gasteiger charge is 2.15. The van der Waals surface area contributed by atoms with E-state index >= 15 is 0 Å². The second kappa shape index (κ2) is 5.07. The topological polar surface area (TPSA) is 60.2 Å². The van der Waals surface area contributed by atoms with E-state index < -0.39 is 10.0 Å². The van der Waals surface area contributed by atoms with E-state index in [4.69, 9.17) is 5.14 Å². The first kappa shape index (κ1) is 14.2. The lowest BCUT2D eigenvalue weighted by Crippen LogP contribution is -2.09. The van der Waals surface area contributed by atoms with Gasteiger partial charge in [-0.1, -0.05) is 38.1 Å². The highest BCUT2D eigenvalue weighted by Crippen LogP contribution is 2.35. The summed E-state index contributed by atoms with van der Waals surface area (Å²) in [5.74, 6) is 0.443. The van der Waals surface area contributed by atoms with Crippen molar-refractivity contribution in [1.29, 1.82) is 0 Å². The van der Waals surface area contributed by atoms with Crippen molar-refractivity contribution in [2.75, 3.05) is 0 Å². The molecule has 1 aromatic heterocycles. The molecule has 1 aromatic carbocycles. The largest absolute Gasteiger partial charge is 0.247 e. The number of hydrogen-bond acceptors (Lipinski definition) is 3. The standard InChI is InChI=1S/C14H17NO2S2/c1-9(2)11-5-4-6-12(8-11)14-10(3)7-13(18-14)19(15,16)17/h4-9H,1-3H3,(H2,15,16,17). The molecule has 0 spiro atoms. The summed E-state index contributed by atoms with van der Waals surface area (Å²) in [6, 6.07) is 9.82. The molecule has 0 atom stereocenters. The van der Waals surface area contributed by atoms with Crippen LogP contribution in [0.15, 0.2) is 34.5 Å². The Bertz CT molecular complexity index is 700. The minimum Gasteiger partial charge on any atom is -0.224 e. The third-order valence-electron chi connectivity index (χ3n) is 2.99. The summed E-state index contributed by atoms with van der Waals surface area (Å²) < 4.78 is 23.0. The number of nitrogens with two attached hydrogens (primary N) is 1. The Balaban J connectivity index is 2.54. The molecular formula is C14H17NO2S2. The van der Waals surface area contributed by atoms with E-state index in [0.29, 0.717) is 5.92 Å². The maximum Gasteiger partial charge on any atom is 0.247 e. The monoisotopic (exact) mass is 295 g/mol. The normalized spacial score (nSPS) is 12.1. The predicted molar refractivity (Wildman–Crippen MR) is 80.0 cm³/mol. The Morgan fingerprint density at radius 2 is 1.89 bits per heavy atom. The predicted octanol–water partition coefficient (Wildman–Crippen LogP) is 3.49. The molecule has 0 unspecified atom stereocenters. The van der Waals surface area contributed by atoms with Gasteiger partial charge in [-0.15, -0.1) is 11.3 Å². The fraction of sp³-hybridized carbons (Fsp3) is 0.286. The molecule has 0 amide bonds. The molecule has 102 valence electrons. The SMILES string of the molecule is Cc1cc(S(N)(=O)=O)sc1-c1cccc(C(C)C)c1. The Morgan fingerprint density at radius 3 is 2.42 bits per heavy atom. The number of rotatable bonds is 3. The lowest BCUT2D eigenvalue weighted by atomic mass is 10.00. The molecule has 1 heterocycles. The van der Waals surface area contributed by atoms with Gasteiger partial charge in [-0.2, -0.15) is 0 Å². The first-order valence-electron chi connectivity index (χ1n) is 6.02. The van der Waals surface area contributed by atoms with Gasteiger partial charge in [0.15, 0.2) is 0 Å². The smallest absolute Gasteiger partial charge is 0.224 e. The van der Waals surface area contributed by atoms with Gasteiger partial charge in [0.1, 0.15) is 4.21 Å². The zero-order valence-corrected chi connectivity index (χ0v) is 12.8. The second-order valence-corrected chi connectivity index (χ2v) is 7.74. The summed E-state index contributed by atoms with van der Waals surface area (Å²) in [4.78, 5) is 0.964. The van der Waals surface area contributed by atoms with Gasteiger partial charge in [0.05, 0.1) is 0 Å². The van der Waals surface area contributed by atoms with Gasteiger partial charge in [0.25, 0.3) is 0 Å². The van der Waals surface area contributed by atoms with Gasteiger partial charge in [-0.3, -0.25) is 0 Å². The van der Waals surface area contributed by atoms with E-state index in [2.05, 4.69) is 26.0 Å². The van der Waals surface area contributed by atoms with Crippen molar-refractivity contribution in [1.82, 2.24) is 0 Å². The number of sulfonamides is 1. The number of thiophene rings is 1. The molecule has 0 fully saturated rings. The molecule has 19 heavy (non-hydrogen) atoms. The van der Waals surface area contributed by atoms with Gasteiger partial charge in [0, 0.05) is 4.88 Å². The van der Waals surface area contributed by atoms with Crippen LogP contribution >= 0.6 is 11.3 Å². The minimum atomic E-state index is -3.62. The Labute approximate surface area is 118 Å². The number of aryl methyl sites for hydroxylation is 1. The van der Waals surface area contributed by atoms with Gasteiger partial charge in [-0.25, -0.2) is 13.6 Å². The van der Waals surface area contributed by atoms with Gasteiger partial charge < -0.3 is 0 Å². The summed E-state index contributed by atoms with van der Waals surface area (Å²) in [7, 11) is -3.62. The third-order valence-corrected chi connectivity index (χ3v) is 5.70. The van der Waals surface area contributed by atoms with Crippen LogP contribution in [0.2, 0.25) is 0 Å². The molecular weight excluding hydrogens is 278 g/mol. The summed E-state index contributed by atoms with van der Waals surface area (Å²) in [6.07, 6.45) is 0. The molecule has 2 N–H and O–H groups in total. The number of hydrogen-bond donors (Lipinski definition) is 1. The van der Waals surface area contributed by atoms with Crippen molar-refractivity contribution in [3.05, 3.63) is 41.5 Å². The summed E-state index contributed by atoms with van der Waals surface area (Å²) in [5, 5.41) is 5.18.